The first-order chi connectivity index (χ1) is 17.4. The maximum absolute atomic E-state index is 13.3. The number of sulfonamides is 1. The fraction of sp³-hybridized carbons (Fsp3) is 0.320. The topological polar surface area (TPSA) is 125 Å². The molecule has 186 valence electrons. The largest absolute Gasteiger partial charge is 0.369 e. The van der Waals surface area contributed by atoms with Crippen molar-refractivity contribution >= 4 is 27.4 Å². The molecule has 1 aromatic heterocycles. The van der Waals surface area contributed by atoms with E-state index in [1.54, 1.807) is 24.3 Å². The van der Waals surface area contributed by atoms with Crippen LogP contribution in [-0.2, 0) is 23.0 Å². The Morgan fingerprint density at radius 2 is 1.78 bits per heavy atom. The van der Waals surface area contributed by atoms with Crippen LogP contribution < -0.4 is 10.2 Å². The van der Waals surface area contributed by atoms with Gasteiger partial charge in [-0.3, -0.25) is 9.89 Å². The first kappa shape index (κ1) is 24.0. The number of aromatic amines is 1. The Kier molecular flexibility index (Phi) is 6.49. The Morgan fingerprint density at radius 1 is 1.06 bits per heavy atom. The van der Waals surface area contributed by atoms with Gasteiger partial charge in [-0.15, -0.1) is 0 Å². The lowest BCUT2D eigenvalue weighted by Gasteiger charge is -2.34. The predicted molar refractivity (Wildman–Crippen MR) is 135 cm³/mol. The second kappa shape index (κ2) is 9.73. The third kappa shape index (κ3) is 4.58. The lowest BCUT2D eigenvalue weighted by Crippen LogP contribution is -2.44. The average Bonchev–Trinajstić information content (AvgIpc) is 3.31. The number of fused-ring (bicyclic) bond motifs is 1. The van der Waals surface area contributed by atoms with Crippen molar-refractivity contribution in [1.29, 1.82) is 5.26 Å². The number of rotatable bonds is 5. The molecule has 11 heteroatoms. The molecular weight excluding hydrogens is 478 g/mol. The van der Waals surface area contributed by atoms with Gasteiger partial charge in [0.25, 0.3) is 5.91 Å². The quantitative estimate of drug-likeness (QED) is 0.543. The number of nitrogens with one attached hydrogen (secondary N) is 2. The highest BCUT2D eigenvalue weighted by Crippen LogP contribution is 2.29. The molecule has 0 saturated carbocycles. The van der Waals surface area contributed by atoms with Crippen LogP contribution in [0.25, 0.3) is 0 Å². The van der Waals surface area contributed by atoms with Crippen molar-refractivity contribution in [3.63, 3.8) is 0 Å². The number of amides is 1. The van der Waals surface area contributed by atoms with Crippen molar-refractivity contribution < 1.29 is 13.2 Å². The summed E-state index contributed by atoms with van der Waals surface area (Å²) in [7, 11) is -1.78. The van der Waals surface area contributed by atoms with Crippen LogP contribution in [0.2, 0.25) is 0 Å². The molecule has 2 aliphatic heterocycles. The normalized spacial score (nSPS) is 16.8. The number of piperazine rings is 1. The lowest BCUT2D eigenvalue weighted by atomic mass is 10.1. The molecule has 0 unspecified atom stereocenters. The molecule has 0 spiro atoms. The molecule has 0 aliphatic carbocycles. The maximum atomic E-state index is 13.3. The summed E-state index contributed by atoms with van der Waals surface area (Å²) in [6.45, 7) is 4.19. The van der Waals surface area contributed by atoms with Gasteiger partial charge in [0.1, 0.15) is 6.07 Å². The second-order valence-electron chi connectivity index (χ2n) is 9.02. The molecule has 36 heavy (non-hydrogen) atoms. The van der Waals surface area contributed by atoms with Crippen LogP contribution in [0.4, 0.5) is 11.5 Å². The Hall–Kier alpha value is -3.72. The molecule has 3 heterocycles. The standard InChI is InChI=1S/C25H27N7O3S/c1-30-12-14-31(15-13-30)20-8-6-18(7-9-20)25(33)27-24-21-17-32(11-10-22(21)28-29-24)36(34,35)23-5-3-2-4-19(23)16-26/h2-9H,10-15,17H2,1H3,(H2,27,28,29,33). The van der Waals surface area contributed by atoms with E-state index >= 15 is 0 Å². The van der Waals surface area contributed by atoms with Gasteiger partial charge in [-0.2, -0.15) is 14.7 Å². The molecule has 2 aliphatic rings. The average molecular weight is 506 g/mol. The van der Waals surface area contributed by atoms with Crippen LogP contribution in [0.15, 0.2) is 53.4 Å². The number of nitrogens with zero attached hydrogens (tertiary/aromatic N) is 5. The summed E-state index contributed by atoms with van der Waals surface area (Å²) < 4.78 is 27.9. The first-order valence-electron chi connectivity index (χ1n) is 11.8. The molecule has 3 aromatic rings. The van der Waals surface area contributed by atoms with Gasteiger partial charge in [0, 0.05) is 68.2 Å². The van der Waals surface area contributed by atoms with E-state index in [4.69, 9.17) is 0 Å². The van der Waals surface area contributed by atoms with Crippen molar-refractivity contribution in [3.8, 4) is 6.07 Å². The Bertz CT molecular complexity index is 1420. The van der Waals surface area contributed by atoms with Crippen molar-refractivity contribution in [3.05, 3.63) is 70.9 Å². The molecule has 5 rings (SSSR count). The predicted octanol–water partition coefficient (Wildman–Crippen LogP) is 2.03. The van der Waals surface area contributed by atoms with E-state index in [0.717, 1.165) is 37.6 Å². The van der Waals surface area contributed by atoms with Crippen molar-refractivity contribution in [1.82, 2.24) is 19.4 Å². The number of H-pyrrole nitrogens is 1. The number of carbonyl (C=O) groups excluding carboxylic acids is 1. The number of benzene rings is 2. The van der Waals surface area contributed by atoms with Gasteiger partial charge in [-0.05, 0) is 43.4 Å². The Labute approximate surface area is 210 Å². The summed E-state index contributed by atoms with van der Waals surface area (Å²) in [5.74, 6) is -0.00403. The van der Waals surface area contributed by atoms with Gasteiger partial charge in [-0.1, -0.05) is 12.1 Å². The van der Waals surface area contributed by atoms with Crippen LogP contribution in [0.5, 0.6) is 0 Å². The van der Waals surface area contributed by atoms with Crippen molar-refractivity contribution in [2.24, 2.45) is 0 Å². The van der Waals surface area contributed by atoms with E-state index in [2.05, 4.69) is 32.4 Å². The molecule has 1 fully saturated rings. The zero-order valence-electron chi connectivity index (χ0n) is 19.9. The summed E-state index contributed by atoms with van der Waals surface area (Å²) in [6.07, 6.45) is 0.422. The number of hydrogen-bond acceptors (Lipinski definition) is 7. The van der Waals surface area contributed by atoms with Crippen LogP contribution >= 0.6 is 0 Å². The second-order valence-corrected chi connectivity index (χ2v) is 10.9. The fourth-order valence-corrected chi connectivity index (χ4v) is 6.12. The number of likely N-dealkylation sites (N-methyl/N-ethyl adjacent to an activating group) is 1. The highest BCUT2D eigenvalue weighted by atomic mass is 32.2. The van der Waals surface area contributed by atoms with Gasteiger partial charge in [0.05, 0.1) is 10.5 Å². The number of carbonyl (C=O) groups is 1. The molecule has 10 nitrogen and oxygen atoms in total. The van der Waals surface area contributed by atoms with Crippen LogP contribution in [-0.4, -0.2) is 73.5 Å². The number of hydrogen-bond donors (Lipinski definition) is 2. The molecule has 2 aromatic carbocycles. The van der Waals surface area contributed by atoms with Crippen LogP contribution in [0.3, 0.4) is 0 Å². The Balaban J connectivity index is 1.31. The molecule has 1 amide bonds. The third-order valence-corrected chi connectivity index (χ3v) is 8.66. The zero-order valence-corrected chi connectivity index (χ0v) is 20.8. The van der Waals surface area contributed by atoms with E-state index in [9.17, 15) is 18.5 Å². The van der Waals surface area contributed by atoms with Crippen molar-refractivity contribution in [2.45, 2.75) is 17.9 Å². The third-order valence-electron chi connectivity index (χ3n) is 6.75. The molecule has 0 radical (unpaired) electrons. The van der Waals surface area contributed by atoms with Gasteiger partial charge in [0.15, 0.2) is 5.82 Å². The van der Waals surface area contributed by atoms with Gasteiger partial charge < -0.3 is 15.1 Å². The maximum Gasteiger partial charge on any atom is 0.256 e. The highest BCUT2D eigenvalue weighted by Gasteiger charge is 2.33. The van der Waals surface area contributed by atoms with Gasteiger partial charge in [0.2, 0.25) is 10.0 Å². The van der Waals surface area contributed by atoms with Crippen LogP contribution in [0, 0.1) is 11.3 Å². The fourth-order valence-electron chi connectivity index (χ4n) is 4.57. The monoisotopic (exact) mass is 505 g/mol. The first-order valence-corrected chi connectivity index (χ1v) is 13.2. The van der Waals surface area contributed by atoms with E-state index < -0.39 is 10.0 Å². The highest BCUT2D eigenvalue weighted by molar-refractivity contribution is 7.89. The molecule has 0 atom stereocenters. The minimum absolute atomic E-state index is 0.0227. The van der Waals surface area contributed by atoms with E-state index in [-0.39, 0.29) is 29.5 Å². The minimum Gasteiger partial charge on any atom is -0.369 e. The number of nitriles is 1. The number of anilines is 2. The summed E-state index contributed by atoms with van der Waals surface area (Å²) in [5, 5.41) is 19.4. The lowest BCUT2D eigenvalue weighted by molar-refractivity contribution is 0.102. The summed E-state index contributed by atoms with van der Waals surface area (Å²) >= 11 is 0. The zero-order chi connectivity index (χ0) is 25.3. The van der Waals surface area contributed by atoms with Gasteiger partial charge >= 0.3 is 0 Å². The molecule has 0 bridgehead atoms. The smallest absolute Gasteiger partial charge is 0.256 e. The summed E-state index contributed by atoms with van der Waals surface area (Å²) in [6, 6.07) is 15.6. The summed E-state index contributed by atoms with van der Waals surface area (Å²) in [4.78, 5) is 17.5. The van der Waals surface area contributed by atoms with E-state index in [1.807, 2.05) is 18.2 Å². The van der Waals surface area contributed by atoms with Crippen molar-refractivity contribution in [2.75, 3.05) is 50.0 Å². The molecule has 2 N–H and O–H groups in total. The number of aromatic nitrogens is 2. The molecule has 1 saturated heterocycles. The molecular formula is C25H27N7O3S. The summed E-state index contributed by atoms with van der Waals surface area (Å²) in [5.41, 5.74) is 3.09. The van der Waals surface area contributed by atoms with Gasteiger partial charge in [-0.25, -0.2) is 8.42 Å². The minimum atomic E-state index is -3.89. The van der Waals surface area contributed by atoms with E-state index in [0.29, 0.717) is 23.4 Å². The van der Waals surface area contributed by atoms with Crippen LogP contribution in [0.1, 0.15) is 27.2 Å². The van der Waals surface area contributed by atoms with E-state index in [1.165, 1.54) is 16.4 Å². The Morgan fingerprint density at radius 3 is 2.50 bits per heavy atom. The SMILES string of the molecule is CN1CCN(c2ccc(C(=O)Nc3n[nH]c4c3CN(S(=O)(=O)c3ccccc3C#N)CC4)cc2)CC1.